The van der Waals surface area contributed by atoms with E-state index in [9.17, 15) is 0 Å². The van der Waals surface area contributed by atoms with Crippen molar-refractivity contribution in [3.8, 4) is 12.3 Å². The van der Waals surface area contributed by atoms with Crippen molar-refractivity contribution in [1.82, 2.24) is 4.90 Å². The minimum atomic E-state index is 0.106. The van der Waals surface area contributed by atoms with E-state index in [1.165, 1.54) is 11.1 Å². The second kappa shape index (κ2) is 4.40. The van der Waals surface area contributed by atoms with E-state index >= 15 is 0 Å². The van der Waals surface area contributed by atoms with Gasteiger partial charge in [0, 0.05) is 13.6 Å². The van der Waals surface area contributed by atoms with Crippen LogP contribution < -0.4 is 0 Å². The van der Waals surface area contributed by atoms with Crippen molar-refractivity contribution < 1.29 is 0 Å². The molecule has 1 aliphatic rings. The van der Waals surface area contributed by atoms with Gasteiger partial charge < -0.3 is 4.90 Å². The van der Waals surface area contributed by atoms with Crippen molar-refractivity contribution in [1.29, 1.82) is 0 Å². The summed E-state index contributed by atoms with van der Waals surface area (Å²) in [7, 11) is 2.07. The number of hydrogen-bond acceptors (Lipinski definition) is 1. The molecule has 1 rings (SSSR count). The maximum absolute atomic E-state index is 5.34. The van der Waals surface area contributed by atoms with Crippen LogP contribution in [0.5, 0.6) is 0 Å². The number of rotatable bonds is 1. The van der Waals surface area contributed by atoms with Crippen molar-refractivity contribution in [3.63, 3.8) is 0 Å². The quantitative estimate of drug-likeness (QED) is 0.589. The molecule has 0 aromatic carbocycles. The first-order valence-corrected chi connectivity index (χ1v) is 5.19. The highest BCUT2D eigenvalue weighted by Gasteiger charge is 2.16. The van der Waals surface area contributed by atoms with Gasteiger partial charge in [0.2, 0.25) is 0 Å². The highest BCUT2D eigenvalue weighted by molar-refractivity contribution is 5.39. The van der Waals surface area contributed by atoms with Gasteiger partial charge in [0.1, 0.15) is 0 Å². The Balaban J connectivity index is 2.92. The molecule has 0 atom stereocenters. The topological polar surface area (TPSA) is 3.24 Å². The van der Waals surface area contributed by atoms with Gasteiger partial charge in [-0.25, -0.2) is 0 Å². The van der Waals surface area contributed by atoms with Gasteiger partial charge in [-0.1, -0.05) is 32.8 Å². The van der Waals surface area contributed by atoms with Crippen LogP contribution >= 0.6 is 0 Å². The predicted octanol–water partition coefficient (Wildman–Crippen LogP) is 2.98. The first kappa shape index (κ1) is 11.7. The van der Waals surface area contributed by atoms with Crippen LogP contribution in [-0.2, 0) is 0 Å². The van der Waals surface area contributed by atoms with E-state index in [2.05, 4.69) is 57.0 Å². The normalized spacial score (nSPS) is 19.8. The fraction of sp³-hybridized carbons (Fsp3) is 0.429. The zero-order chi connectivity index (χ0) is 11.5. The number of nitrogens with zero attached hydrogens (tertiary/aromatic N) is 1. The standard InChI is InChI=1S/C14H19N/c1-6-7-13(14(2,3)4)10-12-8-9-15(5)11-12/h1,7-10H,11H2,2-5H3/b12-10-,13-7+. The highest BCUT2D eigenvalue weighted by atomic mass is 15.1. The van der Waals surface area contributed by atoms with Crippen molar-refractivity contribution in [2.45, 2.75) is 20.8 Å². The number of hydrogen-bond donors (Lipinski definition) is 0. The van der Waals surface area contributed by atoms with Crippen molar-refractivity contribution in [3.05, 3.63) is 35.6 Å². The monoisotopic (exact) mass is 201 g/mol. The molecule has 15 heavy (non-hydrogen) atoms. The minimum Gasteiger partial charge on any atom is -0.376 e. The molecule has 0 fully saturated rings. The molecule has 80 valence electrons. The molecule has 0 bridgehead atoms. The smallest absolute Gasteiger partial charge is 0.0421 e. The number of terminal acetylenes is 1. The zero-order valence-electron chi connectivity index (χ0n) is 10.0. The average Bonchev–Trinajstić information content (AvgIpc) is 2.49. The highest BCUT2D eigenvalue weighted by Crippen LogP contribution is 2.28. The fourth-order valence-corrected chi connectivity index (χ4v) is 1.47. The second-order valence-corrected chi connectivity index (χ2v) is 4.97. The second-order valence-electron chi connectivity index (χ2n) is 4.97. The third-order valence-electron chi connectivity index (χ3n) is 2.42. The van der Waals surface area contributed by atoms with Gasteiger partial charge in [-0.05, 0) is 34.9 Å². The summed E-state index contributed by atoms with van der Waals surface area (Å²) >= 11 is 0. The van der Waals surface area contributed by atoms with Crippen LogP contribution in [0.1, 0.15) is 20.8 Å². The van der Waals surface area contributed by atoms with Crippen LogP contribution in [0.2, 0.25) is 0 Å². The van der Waals surface area contributed by atoms with E-state index in [1.54, 1.807) is 0 Å². The molecule has 1 heteroatoms. The van der Waals surface area contributed by atoms with Gasteiger partial charge in [0.15, 0.2) is 0 Å². The predicted molar refractivity (Wildman–Crippen MR) is 66.2 cm³/mol. The Hall–Kier alpha value is -1.42. The summed E-state index contributed by atoms with van der Waals surface area (Å²) in [5.74, 6) is 2.62. The van der Waals surface area contributed by atoms with Crippen LogP contribution in [0, 0.1) is 17.8 Å². The Morgan fingerprint density at radius 2 is 2.20 bits per heavy atom. The SMILES string of the molecule is C#C/C=C(\C=C1\C=CN(C)C1)C(C)(C)C. The fourth-order valence-electron chi connectivity index (χ4n) is 1.47. The van der Waals surface area contributed by atoms with Gasteiger partial charge >= 0.3 is 0 Å². The Labute approximate surface area is 93.2 Å². The van der Waals surface area contributed by atoms with Crippen LogP contribution in [-0.4, -0.2) is 18.5 Å². The number of likely N-dealkylation sites (N-methyl/N-ethyl adjacent to an activating group) is 1. The van der Waals surface area contributed by atoms with E-state index in [4.69, 9.17) is 6.42 Å². The molecule has 0 radical (unpaired) electrons. The molecule has 0 saturated heterocycles. The Bertz CT molecular complexity index is 356. The lowest BCUT2D eigenvalue weighted by atomic mass is 9.85. The van der Waals surface area contributed by atoms with Crippen LogP contribution in [0.25, 0.3) is 0 Å². The first-order valence-electron chi connectivity index (χ1n) is 5.19. The molecule has 0 aromatic heterocycles. The third kappa shape index (κ3) is 3.32. The maximum atomic E-state index is 5.34. The van der Waals surface area contributed by atoms with Crippen LogP contribution in [0.3, 0.4) is 0 Å². The molecular weight excluding hydrogens is 182 g/mol. The third-order valence-corrected chi connectivity index (χ3v) is 2.42. The summed E-state index contributed by atoms with van der Waals surface area (Å²) in [5.41, 5.74) is 2.63. The Morgan fingerprint density at radius 3 is 2.60 bits per heavy atom. The molecule has 0 aliphatic carbocycles. The molecular formula is C14H19N. The lowest BCUT2D eigenvalue weighted by molar-refractivity contribution is 0.510. The molecule has 0 spiro atoms. The summed E-state index contributed by atoms with van der Waals surface area (Å²) in [6.45, 7) is 7.50. The van der Waals surface area contributed by atoms with Crippen molar-refractivity contribution in [2.75, 3.05) is 13.6 Å². The molecule has 1 heterocycles. The van der Waals surface area contributed by atoms with E-state index in [-0.39, 0.29) is 5.41 Å². The molecule has 0 amide bonds. The molecule has 0 aromatic rings. The van der Waals surface area contributed by atoms with E-state index in [0.717, 1.165) is 6.54 Å². The van der Waals surface area contributed by atoms with Gasteiger partial charge in [-0.15, -0.1) is 6.42 Å². The van der Waals surface area contributed by atoms with Gasteiger partial charge in [0.05, 0.1) is 0 Å². The summed E-state index contributed by atoms with van der Waals surface area (Å²) in [5, 5.41) is 0. The minimum absolute atomic E-state index is 0.106. The van der Waals surface area contributed by atoms with Crippen LogP contribution in [0.4, 0.5) is 0 Å². The molecule has 0 N–H and O–H groups in total. The van der Waals surface area contributed by atoms with Gasteiger partial charge in [-0.3, -0.25) is 0 Å². The van der Waals surface area contributed by atoms with Gasteiger partial charge in [0.25, 0.3) is 0 Å². The van der Waals surface area contributed by atoms with Crippen molar-refractivity contribution in [2.24, 2.45) is 5.41 Å². The summed E-state index contributed by atoms with van der Waals surface area (Å²) < 4.78 is 0. The molecule has 0 saturated carbocycles. The first-order chi connectivity index (χ1) is 6.93. The maximum Gasteiger partial charge on any atom is 0.0421 e. The Kier molecular flexibility index (Phi) is 3.42. The average molecular weight is 201 g/mol. The van der Waals surface area contributed by atoms with E-state index in [0.29, 0.717) is 0 Å². The zero-order valence-corrected chi connectivity index (χ0v) is 10.0. The molecule has 1 nitrogen and oxygen atoms in total. The van der Waals surface area contributed by atoms with E-state index in [1.807, 2.05) is 6.08 Å². The molecule has 1 aliphatic heterocycles. The number of allylic oxidation sites excluding steroid dienone is 3. The Morgan fingerprint density at radius 1 is 1.53 bits per heavy atom. The van der Waals surface area contributed by atoms with Crippen LogP contribution in [0.15, 0.2) is 35.6 Å². The summed E-state index contributed by atoms with van der Waals surface area (Å²) in [6, 6.07) is 0. The van der Waals surface area contributed by atoms with Crippen molar-refractivity contribution >= 4 is 0 Å². The summed E-state index contributed by atoms with van der Waals surface area (Å²) in [6.07, 6.45) is 13.6. The summed E-state index contributed by atoms with van der Waals surface area (Å²) in [4.78, 5) is 2.15. The lowest BCUT2D eigenvalue weighted by Crippen LogP contribution is -2.10. The largest absolute Gasteiger partial charge is 0.376 e. The van der Waals surface area contributed by atoms with E-state index < -0.39 is 0 Å². The molecule has 0 unspecified atom stereocenters. The van der Waals surface area contributed by atoms with Gasteiger partial charge in [-0.2, -0.15) is 0 Å². The lowest BCUT2D eigenvalue weighted by Gasteiger charge is -2.20.